The third kappa shape index (κ3) is 2.32. The predicted octanol–water partition coefficient (Wildman–Crippen LogP) is 1.76. The van der Waals surface area contributed by atoms with E-state index >= 15 is 0 Å². The van der Waals surface area contributed by atoms with Crippen molar-refractivity contribution in [2.75, 3.05) is 11.1 Å². The van der Waals surface area contributed by atoms with Crippen molar-refractivity contribution in [3.05, 3.63) is 35.5 Å². The van der Waals surface area contributed by atoms with Crippen LogP contribution in [-0.2, 0) is 17.6 Å². The van der Waals surface area contributed by atoms with Gasteiger partial charge in [-0.05, 0) is 34.6 Å². The number of anilines is 1. The van der Waals surface area contributed by atoms with Crippen LogP contribution < -0.4 is 5.32 Å². The van der Waals surface area contributed by atoms with Gasteiger partial charge in [0.1, 0.15) is 17.2 Å². The average Bonchev–Trinajstić information content (AvgIpc) is 2.92. The normalized spacial score (nSPS) is 17.2. The maximum atomic E-state index is 12.0. The first-order valence-electron chi connectivity index (χ1n) is 5.62. The Bertz CT molecular complexity index is 642. The number of para-hydroxylation sites is 1. The fourth-order valence-electron chi connectivity index (χ4n) is 1.84. The van der Waals surface area contributed by atoms with Gasteiger partial charge in [-0.2, -0.15) is 0 Å². The number of aromatic nitrogens is 1. The van der Waals surface area contributed by atoms with Crippen molar-refractivity contribution >= 4 is 33.6 Å². The van der Waals surface area contributed by atoms with Crippen molar-refractivity contribution in [3.8, 4) is 5.75 Å². The third-order valence-electron chi connectivity index (χ3n) is 2.76. The Kier molecular flexibility index (Phi) is 3.17. The van der Waals surface area contributed by atoms with E-state index in [2.05, 4.69) is 10.3 Å². The summed E-state index contributed by atoms with van der Waals surface area (Å²) in [5.41, 5.74) is 0.995. The number of nitrogens with zero attached hydrogens (tertiary/aromatic N) is 1. The summed E-state index contributed by atoms with van der Waals surface area (Å²) < 4.78 is 12.4. The number of carbonyl (C=O) groups excluding carboxylic acids is 1. The monoisotopic (exact) mass is 294 g/mol. The fourth-order valence-corrected chi connectivity index (χ4v) is 4.41. The quantitative estimate of drug-likeness (QED) is 0.827. The molecule has 3 rings (SSSR count). The summed E-state index contributed by atoms with van der Waals surface area (Å²) in [5.74, 6) is 0.117. The van der Waals surface area contributed by atoms with Gasteiger partial charge in [0.05, 0.1) is 5.56 Å². The minimum atomic E-state index is -0.985. The second-order valence-electron chi connectivity index (χ2n) is 4.02. The molecule has 2 heterocycles. The lowest BCUT2D eigenvalue weighted by atomic mass is 10.2. The van der Waals surface area contributed by atoms with Crippen LogP contribution in [0.15, 0.2) is 28.5 Å². The molecule has 1 unspecified atom stereocenters. The van der Waals surface area contributed by atoms with Crippen molar-refractivity contribution < 1.29 is 14.5 Å². The SMILES string of the molecule is O=C(Nc1nc2c(s1)[S+]([O-])CC2)c1ccccc1O. The number of fused-ring (bicyclic) bond motifs is 1. The van der Waals surface area contributed by atoms with Gasteiger partial charge in [0, 0.05) is 6.42 Å². The number of thiazole rings is 1. The van der Waals surface area contributed by atoms with Crippen LogP contribution in [0, 0.1) is 0 Å². The Morgan fingerprint density at radius 1 is 1.47 bits per heavy atom. The maximum absolute atomic E-state index is 12.0. The van der Waals surface area contributed by atoms with E-state index < -0.39 is 17.1 Å². The Labute approximate surface area is 116 Å². The average molecular weight is 294 g/mol. The number of hydrogen-bond donors (Lipinski definition) is 2. The Morgan fingerprint density at radius 2 is 2.26 bits per heavy atom. The van der Waals surface area contributed by atoms with Crippen LogP contribution >= 0.6 is 11.3 Å². The topological polar surface area (TPSA) is 85.3 Å². The Hall–Kier alpha value is -1.57. The summed E-state index contributed by atoms with van der Waals surface area (Å²) in [6.45, 7) is 0. The minimum Gasteiger partial charge on any atom is -0.611 e. The van der Waals surface area contributed by atoms with Crippen molar-refractivity contribution in [2.24, 2.45) is 0 Å². The first-order chi connectivity index (χ1) is 9.15. The number of aromatic hydroxyl groups is 1. The molecule has 0 saturated carbocycles. The summed E-state index contributed by atoms with van der Waals surface area (Å²) in [6.07, 6.45) is 0.685. The van der Waals surface area contributed by atoms with Crippen LogP contribution in [0.5, 0.6) is 5.75 Å². The molecule has 0 spiro atoms. The number of aryl methyl sites for hydroxylation is 1. The Morgan fingerprint density at radius 3 is 3.00 bits per heavy atom. The van der Waals surface area contributed by atoms with Gasteiger partial charge in [0.15, 0.2) is 5.13 Å². The highest BCUT2D eigenvalue weighted by atomic mass is 32.2. The summed E-state index contributed by atoms with van der Waals surface area (Å²) >= 11 is 0.249. The smallest absolute Gasteiger partial charge is 0.261 e. The zero-order valence-corrected chi connectivity index (χ0v) is 11.4. The van der Waals surface area contributed by atoms with Gasteiger partial charge in [-0.1, -0.05) is 12.1 Å². The summed E-state index contributed by atoms with van der Waals surface area (Å²) in [4.78, 5) is 16.2. The van der Waals surface area contributed by atoms with Crippen molar-refractivity contribution in [1.82, 2.24) is 4.98 Å². The Balaban J connectivity index is 1.81. The number of carbonyl (C=O) groups is 1. The van der Waals surface area contributed by atoms with E-state index in [0.717, 1.165) is 9.90 Å². The van der Waals surface area contributed by atoms with Crippen molar-refractivity contribution in [3.63, 3.8) is 0 Å². The molecule has 1 aliphatic rings. The zero-order valence-electron chi connectivity index (χ0n) is 9.75. The van der Waals surface area contributed by atoms with Crippen LogP contribution in [0.25, 0.3) is 0 Å². The number of rotatable bonds is 2. The molecule has 1 atom stereocenters. The molecule has 0 radical (unpaired) electrons. The van der Waals surface area contributed by atoms with Crippen LogP contribution in [0.1, 0.15) is 16.1 Å². The summed E-state index contributed by atoms with van der Waals surface area (Å²) in [5, 5.41) is 12.6. The molecule has 1 amide bonds. The molecule has 0 bridgehead atoms. The number of nitrogens with one attached hydrogen (secondary N) is 1. The van der Waals surface area contributed by atoms with E-state index in [9.17, 15) is 14.5 Å². The van der Waals surface area contributed by atoms with Crippen LogP contribution in [-0.4, -0.2) is 26.3 Å². The lowest BCUT2D eigenvalue weighted by Gasteiger charge is -2.03. The molecule has 19 heavy (non-hydrogen) atoms. The number of hydrogen-bond acceptors (Lipinski definition) is 5. The molecule has 5 nitrogen and oxygen atoms in total. The van der Waals surface area contributed by atoms with E-state index in [1.54, 1.807) is 12.1 Å². The molecule has 1 aromatic carbocycles. The van der Waals surface area contributed by atoms with Gasteiger partial charge in [0.25, 0.3) is 5.91 Å². The standard InChI is InChI=1S/C12H10N2O3S2/c15-9-4-2-1-3-7(9)10(16)14-12-13-8-5-6-19(17)11(8)18-12/h1-4,15H,5-6H2,(H,13,14,16). The number of phenols is 1. The fraction of sp³-hybridized carbons (Fsp3) is 0.167. The largest absolute Gasteiger partial charge is 0.611 e. The van der Waals surface area contributed by atoms with Gasteiger partial charge in [-0.25, -0.2) is 4.98 Å². The summed E-state index contributed by atoms with van der Waals surface area (Å²) in [6, 6.07) is 6.30. The summed E-state index contributed by atoms with van der Waals surface area (Å²) in [7, 11) is 0. The zero-order chi connectivity index (χ0) is 13.4. The van der Waals surface area contributed by atoms with Gasteiger partial charge in [-0.3, -0.25) is 10.1 Å². The van der Waals surface area contributed by atoms with E-state index in [-0.39, 0.29) is 11.3 Å². The van der Waals surface area contributed by atoms with Crippen molar-refractivity contribution in [2.45, 2.75) is 10.6 Å². The van der Waals surface area contributed by atoms with E-state index in [1.165, 1.54) is 23.5 Å². The molecule has 0 aliphatic carbocycles. The minimum absolute atomic E-state index is 0.0762. The molecular formula is C12H10N2O3S2. The molecule has 0 fully saturated rings. The number of benzene rings is 1. The molecule has 2 aromatic rings. The van der Waals surface area contributed by atoms with E-state index in [0.29, 0.717) is 17.3 Å². The lowest BCUT2D eigenvalue weighted by Crippen LogP contribution is -2.12. The van der Waals surface area contributed by atoms with Gasteiger partial charge >= 0.3 is 0 Å². The maximum Gasteiger partial charge on any atom is 0.261 e. The van der Waals surface area contributed by atoms with Crippen LogP contribution in [0.2, 0.25) is 0 Å². The molecular weight excluding hydrogens is 284 g/mol. The second kappa shape index (κ2) is 4.84. The van der Waals surface area contributed by atoms with E-state index in [1.807, 2.05) is 0 Å². The molecule has 2 N–H and O–H groups in total. The number of amides is 1. The first-order valence-corrected chi connectivity index (χ1v) is 7.76. The van der Waals surface area contributed by atoms with Crippen molar-refractivity contribution in [1.29, 1.82) is 0 Å². The molecule has 7 heteroatoms. The second-order valence-corrected chi connectivity index (χ2v) is 6.79. The molecule has 98 valence electrons. The van der Waals surface area contributed by atoms with E-state index in [4.69, 9.17) is 0 Å². The highest BCUT2D eigenvalue weighted by Crippen LogP contribution is 2.34. The predicted molar refractivity (Wildman–Crippen MR) is 73.2 cm³/mol. The highest BCUT2D eigenvalue weighted by Gasteiger charge is 2.30. The molecule has 0 saturated heterocycles. The third-order valence-corrected chi connectivity index (χ3v) is 5.60. The molecule has 1 aliphatic heterocycles. The number of phenolic OH excluding ortho intramolecular Hbond substituents is 1. The van der Waals surface area contributed by atoms with Crippen LogP contribution in [0.3, 0.4) is 0 Å². The molecule has 1 aromatic heterocycles. The van der Waals surface area contributed by atoms with Gasteiger partial charge < -0.3 is 9.66 Å². The van der Waals surface area contributed by atoms with Gasteiger partial charge in [-0.15, -0.1) is 0 Å². The van der Waals surface area contributed by atoms with Gasteiger partial charge in [0.2, 0.25) is 4.21 Å². The lowest BCUT2D eigenvalue weighted by molar-refractivity contribution is 0.102. The van der Waals surface area contributed by atoms with Crippen LogP contribution in [0.4, 0.5) is 5.13 Å². The highest BCUT2D eigenvalue weighted by molar-refractivity contribution is 7.93. The first kappa shape index (κ1) is 12.5.